The van der Waals surface area contributed by atoms with Gasteiger partial charge in [-0.2, -0.15) is 10.2 Å². The number of H-pyrrole nitrogens is 1. The molecular weight excluding hydrogens is 280 g/mol. The van der Waals surface area contributed by atoms with Gasteiger partial charge < -0.3 is 5.32 Å². The Balaban J connectivity index is 2.02. The van der Waals surface area contributed by atoms with Crippen molar-refractivity contribution in [1.29, 1.82) is 0 Å². The molecule has 0 aromatic carbocycles. The minimum absolute atomic E-state index is 0.165. The molecule has 2 N–H and O–H groups in total. The van der Waals surface area contributed by atoms with Crippen LogP contribution >= 0.6 is 11.6 Å². The van der Waals surface area contributed by atoms with E-state index in [-0.39, 0.29) is 10.6 Å². The molecule has 7 nitrogen and oxygen atoms in total. The van der Waals surface area contributed by atoms with Gasteiger partial charge in [-0.3, -0.25) is 9.89 Å². The zero-order valence-corrected chi connectivity index (χ0v) is 12.2. The van der Waals surface area contributed by atoms with E-state index in [4.69, 9.17) is 11.6 Å². The van der Waals surface area contributed by atoms with Crippen LogP contribution in [0.1, 0.15) is 19.7 Å². The third-order valence-corrected chi connectivity index (χ3v) is 3.03. The number of anilines is 1. The minimum Gasteiger partial charge on any atom is -0.382 e. The summed E-state index contributed by atoms with van der Waals surface area (Å²) < 4.78 is 1.38. The molecule has 8 heteroatoms. The Morgan fingerprint density at radius 1 is 1.50 bits per heavy atom. The van der Waals surface area contributed by atoms with Crippen LogP contribution in [-0.4, -0.2) is 31.5 Å². The quantitative estimate of drug-likeness (QED) is 0.839. The van der Waals surface area contributed by atoms with Gasteiger partial charge >= 0.3 is 0 Å². The molecule has 0 unspecified atom stereocenters. The van der Waals surface area contributed by atoms with Gasteiger partial charge in [0, 0.05) is 19.5 Å². The average Bonchev–Trinajstić information content (AvgIpc) is 2.90. The van der Waals surface area contributed by atoms with Crippen molar-refractivity contribution in [3.05, 3.63) is 33.7 Å². The Morgan fingerprint density at radius 3 is 2.95 bits per heavy atom. The van der Waals surface area contributed by atoms with E-state index in [9.17, 15) is 4.79 Å². The van der Waals surface area contributed by atoms with Crippen LogP contribution in [0.4, 0.5) is 5.69 Å². The molecule has 0 saturated heterocycles. The lowest BCUT2D eigenvalue weighted by Gasteiger charge is -2.11. The molecule has 0 aliphatic heterocycles. The van der Waals surface area contributed by atoms with Crippen LogP contribution in [0.5, 0.6) is 0 Å². The van der Waals surface area contributed by atoms with Crippen molar-refractivity contribution in [2.24, 2.45) is 5.92 Å². The van der Waals surface area contributed by atoms with Crippen LogP contribution in [0.3, 0.4) is 0 Å². The predicted octanol–water partition coefficient (Wildman–Crippen LogP) is 1.33. The van der Waals surface area contributed by atoms with E-state index < -0.39 is 0 Å². The summed E-state index contributed by atoms with van der Waals surface area (Å²) in [5.74, 6) is 1.11. The summed E-state index contributed by atoms with van der Waals surface area (Å²) in [6.45, 7) is 5.18. The monoisotopic (exact) mass is 296 g/mol. The van der Waals surface area contributed by atoms with Crippen LogP contribution in [0.2, 0.25) is 5.02 Å². The highest BCUT2D eigenvalue weighted by Crippen LogP contribution is 2.15. The zero-order chi connectivity index (χ0) is 14.5. The highest BCUT2D eigenvalue weighted by molar-refractivity contribution is 6.32. The number of aromatic nitrogens is 5. The molecule has 20 heavy (non-hydrogen) atoms. The van der Waals surface area contributed by atoms with E-state index in [0.29, 0.717) is 31.1 Å². The molecule has 2 aromatic heterocycles. The first kappa shape index (κ1) is 14.5. The van der Waals surface area contributed by atoms with E-state index in [1.165, 1.54) is 11.0 Å². The van der Waals surface area contributed by atoms with Gasteiger partial charge in [0.2, 0.25) is 0 Å². The molecule has 0 radical (unpaired) electrons. The second kappa shape index (κ2) is 6.51. The summed E-state index contributed by atoms with van der Waals surface area (Å²) in [6.07, 6.45) is 3.69. The number of halogens is 1. The maximum atomic E-state index is 12.0. The van der Waals surface area contributed by atoms with Gasteiger partial charge in [-0.25, -0.2) is 9.67 Å². The van der Waals surface area contributed by atoms with E-state index in [2.05, 4.69) is 25.6 Å². The molecule has 0 saturated carbocycles. The number of nitrogens with one attached hydrogen (secondary N) is 2. The predicted molar refractivity (Wildman–Crippen MR) is 76.9 cm³/mol. The standard InChI is InChI=1S/C12H17ClN6O/c1-8(2)6-19-12(20)11(13)9(5-17-19)14-4-3-10-15-7-16-18-10/h5,7-8,14H,3-4,6H2,1-2H3,(H,15,16,18). The van der Waals surface area contributed by atoms with Crippen molar-refractivity contribution < 1.29 is 0 Å². The summed E-state index contributed by atoms with van der Waals surface area (Å²) in [4.78, 5) is 16.0. The fourth-order valence-corrected chi connectivity index (χ4v) is 1.94. The highest BCUT2D eigenvalue weighted by atomic mass is 35.5. The van der Waals surface area contributed by atoms with E-state index in [1.54, 1.807) is 6.20 Å². The summed E-state index contributed by atoms with van der Waals surface area (Å²) >= 11 is 6.07. The van der Waals surface area contributed by atoms with Crippen LogP contribution < -0.4 is 10.9 Å². The Morgan fingerprint density at radius 2 is 2.30 bits per heavy atom. The first-order valence-corrected chi connectivity index (χ1v) is 6.79. The van der Waals surface area contributed by atoms with Crippen LogP contribution in [0, 0.1) is 5.92 Å². The third-order valence-electron chi connectivity index (χ3n) is 2.67. The first-order valence-electron chi connectivity index (χ1n) is 6.41. The maximum Gasteiger partial charge on any atom is 0.287 e. The topological polar surface area (TPSA) is 88.5 Å². The molecule has 0 bridgehead atoms. The second-order valence-electron chi connectivity index (χ2n) is 4.86. The zero-order valence-electron chi connectivity index (χ0n) is 11.4. The minimum atomic E-state index is -0.273. The average molecular weight is 297 g/mol. The summed E-state index contributed by atoms with van der Waals surface area (Å²) in [5.41, 5.74) is 0.265. The lowest BCUT2D eigenvalue weighted by atomic mass is 10.2. The van der Waals surface area contributed by atoms with Crippen molar-refractivity contribution in [3.63, 3.8) is 0 Å². The Hall–Kier alpha value is -1.89. The van der Waals surface area contributed by atoms with Gasteiger partial charge in [-0.1, -0.05) is 25.4 Å². The molecule has 0 atom stereocenters. The summed E-state index contributed by atoms with van der Waals surface area (Å²) in [5, 5.41) is 13.9. The largest absolute Gasteiger partial charge is 0.382 e. The van der Waals surface area contributed by atoms with Crippen LogP contribution in [-0.2, 0) is 13.0 Å². The van der Waals surface area contributed by atoms with Gasteiger partial charge in [0.15, 0.2) is 0 Å². The van der Waals surface area contributed by atoms with Gasteiger partial charge in [-0.15, -0.1) is 0 Å². The molecule has 2 heterocycles. The molecule has 0 aliphatic carbocycles. The van der Waals surface area contributed by atoms with Gasteiger partial charge in [0.05, 0.1) is 11.9 Å². The molecule has 0 fully saturated rings. The molecule has 108 valence electrons. The Bertz CT molecular complexity index is 607. The second-order valence-corrected chi connectivity index (χ2v) is 5.24. The van der Waals surface area contributed by atoms with Gasteiger partial charge in [0.25, 0.3) is 5.56 Å². The van der Waals surface area contributed by atoms with Crippen molar-refractivity contribution in [2.45, 2.75) is 26.8 Å². The summed E-state index contributed by atoms with van der Waals surface area (Å²) in [6, 6.07) is 0. The molecule has 0 amide bonds. The molecule has 0 aliphatic rings. The molecule has 2 aromatic rings. The highest BCUT2D eigenvalue weighted by Gasteiger charge is 2.10. The van der Waals surface area contributed by atoms with Crippen LogP contribution in [0.15, 0.2) is 17.3 Å². The number of rotatable bonds is 6. The Kier molecular flexibility index (Phi) is 4.73. The van der Waals surface area contributed by atoms with Crippen LogP contribution in [0.25, 0.3) is 0 Å². The fraction of sp³-hybridized carbons (Fsp3) is 0.500. The van der Waals surface area contributed by atoms with Gasteiger partial charge in [0.1, 0.15) is 17.2 Å². The van der Waals surface area contributed by atoms with E-state index in [1.807, 2.05) is 13.8 Å². The number of nitrogens with zero attached hydrogens (tertiary/aromatic N) is 4. The van der Waals surface area contributed by atoms with E-state index in [0.717, 1.165) is 5.82 Å². The van der Waals surface area contributed by atoms with Crippen molar-refractivity contribution in [3.8, 4) is 0 Å². The van der Waals surface area contributed by atoms with Gasteiger partial charge in [-0.05, 0) is 5.92 Å². The fourth-order valence-electron chi connectivity index (χ4n) is 1.73. The lowest BCUT2D eigenvalue weighted by molar-refractivity contribution is 0.464. The number of hydrogen-bond acceptors (Lipinski definition) is 5. The molecule has 0 spiro atoms. The summed E-state index contributed by atoms with van der Waals surface area (Å²) in [7, 11) is 0. The van der Waals surface area contributed by atoms with Crippen molar-refractivity contribution in [2.75, 3.05) is 11.9 Å². The SMILES string of the molecule is CC(C)Cn1ncc(NCCc2ncn[nH]2)c(Cl)c1=O. The lowest BCUT2D eigenvalue weighted by Crippen LogP contribution is -2.26. The normalized spacial score (nSPS) is 11.0. The third kappa shape index (κ3) is 3.57. The van der Waals surface area contributed by atoms with E-state index >= 15 is 0 Å². The number of hydrogen-bond donors (Lipinski definition) is 2. The molecule has 2 rings (SSSR count). The first-order chi connectivity index (χ1) is 9.58. The number of aromatic amines is 1. The van der Waals surface area contributed by atoms with Crippen molar-refractivity contribution in [1.82, 2.24) is 25.0 Å². The smallest absolute Gasteiger partial charge is 0.287 e. The Labute approximate surface area is 121 Å². The molecular formula is C12H17ClN6O. The van der Waals surface area contributed by atoms with Crippen molar-refractivity contribution >= 4 is 17.3 Å². The maximum absolute atomic E-state index is 12.0.